The number of ether oxygens (including phenoxy) is 3. The molecule has 0 unspecified atom stereocenters. The molecule has 2 amide bonds. The van der Waals surface area contributed by atoms with Crippen LogP contribution in [0.1, 0.15) is 80.6 Å². The first kappa shape index (κ1) is 37.5. The largest absolute Gasteiger partial charge is 0.458 e. The molecule has 2 fully saturated rings. The molecule has 0 saturated carbocycles. The van der Waals surface area contributed by atoms with Crippen LogP contribution in [0.3, 0.4) is 0 Å². The summed E-state index contributed by atoms with van der Waals surface area (Å²) in [6.07, 6.45) is 4.60. The number of carbonyl (C=O) groups is 4. The van der Waals surface area contributed by atoms with Crippen molar-refractivity contribution in [3.05, 3.63) is 17.8 Å². The Labute approximate surface area is 288 Å². The summed E-state index contributed by atoms with van der Waals surface area (Å²) in [7, 11) is 3.58. The Balaban J connectivity index is 1.63. The van der Waals surface area contributed by atoms with Gasteiger partial charge >= 0.3 is 12.1 Å². The van der Waals surface area contributed by atoms with E-state index in [0.717, 1.165) is 5.01 Å². The minimum Gasteiger partial charge on any atom is -0.458 e. The Bertz CT molecular complexity index is 1440. The molecule has 0 N–H and O–H groups in total. The molecule has 0 aromatic carbocycles. The van der Waals surface area contributed by atoms with E-state index in [1.165, 1.54) is 18.3 Å². The van der Waals surface area contributed by atoms with E-state index >= 15 is 0 Å². The number of amides is 2. The smallest absolute Gasteiger partial charge is 0.410 e. The van der Waals surface area contributed by atoms with E-state index in [2.05, 4.69) is 22.2 Å². The number of rotatable bonds is 8. The number of unbranched alkanes of at least 4 members (excludes halogenated alkanes) is 1. The van der Waals surface area contributed by atoms with Crippen LogP contribution >= 0.6 is 11.3 Å². The summed E-state index contributed by atoms with van der Waals surface area (Å²) in [6.45, 7) is 14.1. The average Bonchev–Trinajstić information content (AvgIpc) is 3.79. The Morgan fingerprint density at radius 2 is 1.88 bits per heavy atom. The van der Waals surface area contributed by atoms with Gasteiger partial charge in [-0.3, -0.25) is 24.0 Å². The molecule has 0 aliphatic carbocycles. The molecule has 8 atom stereocenters. The number of carbonyl (C=O) groups excluding carboxylic acids is 4. The van der Waals surface area contributed by atoms with Crippen molar-refractivity contribution in [3.8, 4) is 10.7 Å². The van der Waals surface area contributed by atoms with Gasteiger partial charge in [0.2, 0.25) is 5.91 Å². The zero-order valence-corrected chi connectivity index (χ0v) is 30.6. The third kappa shape index (κ3) is 7.93. The third-order valence-electron chi connectivity index (χ3n) is 10.4. The molecule has 2 aromatic heterocycles. The second-order valence-electron chi connectivity index (χ2n) is 14.0. The third-order valence-corrected chi connectivity index (χ3v) is 11.2. The van der Waals surface area contributed by atoms with Crippen LogP contribution in [-0.2, 0) is 35.1 Å². The predicted octanol–water partition coefficient (Wildman–Crippen LogP) is 3.78. The van der Waals surface area contributed by atoms with E-state index in [1.54, 1.807) is 41.6 Å². The predicted molar refractivity (Wildman–Crippen MR) is 183 cm³/mol. The van der Waals surface area contributed by atoms with Gasteiger partial charge in [0.25, 0.3) is 0 Å². The van der Waals surface area contributed by atoms with Gasteiger partial charge in [0, 0.05) is 51.7 Å². The Morgan fingerprint density at radius 3 is 2.50 bits per heavy atom. The summed E-state index contributed by atoms with van der Waals surface area (Å²) >= 11 is 1.50. The van der Waals surface area contributed by atoms with E-state index in [4.69, 9.17) is 14.2 Å². The fraction of sp³-hybridized carbons (Fsp3) is 0.727. The number of Topliss-reactive ketones (excluding diaryl/α,β-unsaturated/α-hetero) is 1. The van der Waals surface area contributed by atoms with Crippen LogP contribution in [0.5, 0.6) is 0 Å². The van der Waals surface area contributed by atoms with Crippen molar-refractivity contribution < 1.29 is 33.4 Å². The minimum atomic E-state index is -1.29. The van der Waals surface area contributed by atoms with Gasteiger partial charge in [-0.25, -0.2) is 9.78 Å². The number of aromatic nitrogens is 4. The maximum absolute atomic E-state index is 13.7. The lowest BCUT2D eigenvalue weighted by atomic mass is 9.67. The first-order chi connectivity index (χ1) is 22.6. The Hall–Kier alpha value is -3.33. The molecule has 264 valence electrons. The zero-order valence-electron chi connectivity index (χ0n) is 29.8. The standard InChI is InChI=1S/C33H51BN6O7S/c1-9-27-33(7)28(39(31(44)47-33)14-11-10-13-38-19-24(36-37-38)29-35-12-15-48-29)22(4)40(23(5)41)18-20(2)17-32(6,45-8)26(34)16-25(42)21(3)30(43)46-27/h12,15,19-22,26-28H,9-11,13-14,16-18,34H2,1-8H3/t20-,21-,22-,26-,27-,28-,32+,33-/m1/s1. The van der Waals surface area contributed by atoms with Crippen molar-refractivity contribution in [3.63, 3.8) is 0 Å². The molecule has 0 spiro atoms. The van der Waals surface area contributed by atoms with Crippen molar-refractivity contribution in [1.29, 1.82) is 0 Å². The second-order valence-corrected chi connectivity index (χ2v) is 14.9. The highest BCUT2D eigenvalue weighted by atomic mass is 32.1. The first-order valence-electron chi connectivity index (χ1n) is 17.0. The molecule has 4 rings (SSSR count). The van der Waals surface area contributed by atoms with Gasteiger partial charge in [0.1, 0.15) is 36.4 Å². The highest BCUT2D eigenvalue weighted by Gasteiger charge is 2.59. The molecule has 0 radical (unpaired) electrons. The van der Waals surface area contributed by atoms with Gasteiger partial charge in [-0.15, -0.1) is 16.4 Å². The SMILES string of the molecule is B[C@@H]1CC(=O)[C@@H](C)C(=O)O[C@H](CC)[C@@]2(C)OC(=O)N(CCCCn3cc(-c4nccs4)nn3)[C@@H]2[C@@H](C)N(C(C)=O)C[C@H](C)C[C@]1(C)OC. The molecule has 2 aliphatic rings. The van der Waals surface area contributed by atoms with E-state index < -0.39 is 47.4 Å². The van der Waals surface area contributed by atoms with Crippen LogP contribution < -0.4 is 0 Å². The summed E-state index contributed by atoms with van der Waals surface area (Å²) < 4.78 is 19.9. The molecule has 2 saturated heterocycles. The quantitative estimate of drug-likeness (QED) is 0.174. The van der Waals surface area contributed by atoms with Crippen LogP contribution in [0.15, 0.2) is 17.8 Å². The van der Waals surface area contributed by atoms with E-state index in [1.807, 2.05) is 40.2 Å². The number of thiazole rings is 1. The van der Waals surface area contributed by atoms with Gasteiger partial charge in [0.05, 0.1) is 23.9 Å². The molecular weight excluding hydrogens is 635 g/mol. The number of aryl methyl sites for hydroxylation is 1. The number of methoxy groups -OCH3 is 1. The van der Waals surface area contributed by atoms with E-state index in [0.29, 0.717) is 51.0 Å². The summed E-state index contributed by atoms with van der Waals surface area (Å²) in [5.74, 6) is -2.21. The van der Waals surface area contributed by atoms with E-state index in [-0.39, 0.29) is 29.8 Å². The van der Waals surface area contributed by atoms with Crippen molar-refractivity contribution in [2.75, 3.05) is 20.2 Å². The van der Waals surface area contributed by atoms with Gasteiger partial charge in [0.15, 0.2) is 5.60 Å². The maximum Gasteiger partial charge on any atom is 0.410 e. The number of fused-ring (bicyclic) bond motifs is 1. The topological polar surface area (TPSA) is 146 Å². The molecule has 0 bridgehead atoms. The fourth-order valence-electron chi connectivity index (χ4n) is 7.37. The van der Waals surface area contributed by atoms with Gasteiger partial charge in [-0.05, 0) is 65.1 Å². The Morgan fingerprint density at radius 1 is 1.17 bits per heavy atom. The number of esters is 1. The van der Waals surface area contributed by atoms with Crippen molar-refractivity contribution in [2.24, 2.45) is 11.8 Å². The molecule has 4 heterocycles. The lowest BCUT2D eigenvalue weighted by molar-refractivity contribution is -0.171. The lowest BCUT2D eigenvalue weighted by Crippen LogP contribution is -2.62. The van der Waals surface area contributed by atoms with Crippen molar-refractivity contribution >= 4 is 42.9 Å². The van der Waals surface area contributed by atoms with Gasteiger partial charge in [-0.2, -0.15) is 0 Å². The highest BCUT2D eigenvalue weighted by Crippen LogP contribution is 2.41. The number of nitrogens with zero attached hydrogens (tertiary/aromatic N) is 6. The zero-order chi connectivity index (χ0) is 35.4. The summed E-state index contributed by atoms with van der Waals surface area (Å²) in [5.41, 5.74) is -1.25. The lowest BCUT2D eigenvalue weighted by Gasteiger charge is -2.44. The second kappa shape index (κ2) is 15.5. The summed E-state index contributed by atoms with van der Waals surface area (Å²) in [6, 6.07) is -1.12. The fourth-order valence-corrected chi connectivity index (χ4v) is 7.96. The monoisotopic (exact) mass is 686 g/mol. The van der Waals surface area contributed by atoms with Crippen molar-refractivity contribution in [1.82, 2.24) is 29.8 Å². The maximum atomic E-state index is 13.7. The molecular formula is C33H51BN6O7S. The highest BCUT2D eigenvalue weighted by molar-refractivity contribution is 7.13. The summed E-state index contributed by atoms with van der Waals surface area (Å²) in [4.78, 5) is 61.6. The van der Waals surface area contributed by atoms with Crippen LogP contribution in [-0.4, -0.2) is 111 Å². The molecule has 15 heteroatoms. The van der Waals surface area contributed by atoms with Crippen LogP contribution in [0.2, 0.25) is 5.82 Å². The average molecular weight is 687 g/mol. The number of hydrogen-bond donors (Lipinski definition) is 0. The number of cyclic esters (lactones) is 1. The van der Waals surface area contributed by atoms with Gasteiger partial charge in [-0.1, -0.05) is 19.1 Å². The first-order valence-corrected chi connectivity index (χ1v) is 17.9. The van der Waals surface area contributed by atoms with Crippen molar-refractivity contribution in [2.45, 2.75) is 122 Å². The molecule has 48 heavy (non-hydrogen) atoms. The van der Waals surface area contributed by atoms with Crippen LogP contribution in [0, 0.1) is 11.8 Å². The molecule has 13 nitrogen and oxygen atoms in total. The molecule has 2 aromatic rings. The van der Waals surface area contributed by atoms with Crippen LogP contribution in [0.25, 0.3) is 10.7 Å². The molecule has 2 aliphatic heterocycles. The van der Waals surface area contributed by atoms with Crippen LogP contribution in [0.4, 0.5) is 4.79 Å². The Kier molecular flexibility index (Phi) is 12.1. The number of ketones is 1. The normalized spacial score (nSPS) is 32.3. The number of hydrogen-bond acceptors (Lipinski definition) is 11. The summed E-state index contributed by atoms with van der Waals surface area (Å²) in [5, 5.41) is 11.1. The minimum absolute atomic E-state index is 0.00376. The van der Waals surface area contributed by atoms with E-state index in [9.17, 15) is 19.2 Å². The van der Waals surface area contributed by atoms with Gasteiger partial charge < -0.3 is 19.1 Å².